The minimum Gasteiger partial charge on any atom is -0.439 e. The van der Waals surface area contributed by atoms with Crippen molar-refractivity contribution in [1.29, 1.82) is 0 Å². The van der Waals surface area contributed by atoms with Crippen LogP contribution in [0.5, 0.6) is 11.6 Å². The summed E-state index contributed by atoms with van der Waals surface area (Å²) in [6, 6.07) is 14.6. The van der Waals surface area contributed by atoms with E-state index in [9.17, 15) is 14.4 Å². The Morgan fingerprint density at radius 1 is 0.917 bits per heavy atom. The quantitative estimate of drug-likeness (QED) is 0.543. The summed E-state index contributed by atoms with van der Waals surface area (Å²) in [5.74, 6) is 0.788. The van der Waals surface area contributed by atoms with Gasteiger partial charge in [0.05, 0.1) is 11.9 Å². The van der Waals surface area contributed by atoms with Gasteiger partial charge in [0.25, 0.3) is 11.8 Å². The molecule has 10 heteroatoms. The average molecular weight is 485 g/mol. The van der Waals surface area contributed by atoms with Crippen LogP contribution >= 0.6 is 0 Å². The maximum absolute atomic E-state index is 12.7. The number of nitrogens with one attached hydrogen (secondary N) is 2. The lowest BCUT2D eigenvalue weighted by Gasteiger charge is -2.38. The topological polar surface area (TPSA) is 117 Å². The molecule has 36 heavy (non-hydrogen) atoms. The van der Waals surface area contributed by atoms with E-state index in [1.54, 1.807) is 29.4 Å². The lowest BCUT2D eigenvalue weighted by Crippen LogP contribution is -2.71. The Morgan fingerprint density at radius 3 is 2.53 bits per heavy atom. The summed E-state index contributed by atoms with van der Waals surface area (Å²) in [7, 11) is 0. The number of amides is 4. The Morgan fingerprint density at radius 2 is 1.78 bits per heavy atom. The van der Waals surface area contributed by atoms with Crippen molar-refractivity contribution >= 4 is 35.0 Å². The van der Waals surface area contributed by atoms with E-state index < -0.39 is 23.4 Å². The minimum absolute atomic E-state index is 0.320. The highest BCUT2D eigenvalue weighted by Gasteiger charge is 2.57. The van der Waals surface area contributed by atoms with Crippen molar-refractivity contribution in [1.82, 2.24) is 20.6 Å². The number of rotatable bonds is 4. The number of urea groups is 1. The first-order valence-corrected chi connectivity index (χ1v) is 11.9. The van der Waals surface area contributed by atoms with Crippen molar-refractivity contribution in [2.45, 2.75) is 31.2 Å². The molecule has 3 aromatic rings. The highest BCUT2D eigenvalue weighted by molar-refractivity contribution is 6.24. The van der Waals surface area contributed by atoms with Gasteiger partial charge in [-0.3, -0.25) is 20.2 Å². The van der Waals surface area contributed by atoms with Gasteiger partial charge in [0, 0.05) is 31.0 Å². The fourth-order valence-electron chi connectivity index (χ4n) is 5.29. The van der Waals surface area contributed by atoms with Crippen LogP contribution in [-0.4, -0.2) is 46.4 Å². The molecule has 6 rings (SSSR count). The predicted octanol–water partition coefficient (Wildman–Crippen LogP) is 3.06. The van der Waals surface area contributed by atoms with Crippen LogP contribution in [0.15, 0.2) is 60.9 Å². The number of fused-ring (bicyclic) bond motifs is 1. The number of aryl methyl sites for hydroxylation is 1. The fraction of sp³-hybridized carbons (Fsp3) is 0.269. The lowest BCUT2D eigenvalue weighted by atomic mass is 9.92. The van der Waals surface area contributed by atoms with Crippen LogP contribution in [0.25, 0.3) is 0 Å². The monoisotopic (exact) mass is 484 g/mol. The van der Waals surface area contributed by atoms with Crippen molar-refractivity contribution in [3.63, 3.8) is 0 Å². The van der Waals surface area contributed by atoms with Gasteiger partial charge in [-0.25, -0.2) is 14.8 Å². The summed E-state index contributed by atoms with van der Waals surface area (Å²) in [6.45, 7) is 1.41. The second-order valence-electron chi connectivity index (χ2n) is 9.04. The van der Waals surface area contributed by atoms with Gasteiger partial charge in [-0.2, -0.15) is 0 Å². The molecule has 1 spiro atoms. The van der Waals surface area contributed by atoms with E-state index in [1.807, 2.05) is 36.4 Å². The number of ether oxygens (including phenoxy) is 1. The van der Waals surface area contributed by atoms with E-state index in [4.69, 9.17) is 4.74 Å². The van der Waals surface area contributed by atoms with Gasteiger partial charge in [-0.05, 0) is 67.6 Å². The maximum Gasteiger partial charge on any atom is 0.328 e. The van der Waals surface area contributed by atoms with Gasteiger partial charge in [0.2, 0.25) is 5.88 Å². The summed E-state index contributed by atoms with van der Waals surface area (Å²) in [4.78, 5) is 49.7. The number of benzene rings is 1. The molecule has 0 atom stereocenters. The molecule has 10 nitrogen and oxygen atoms in total. The molecule has 3 aliphatic heterocycles. The van der Waals surface area contributed by atoms with Crippen LogP contribution in [-0.2, 0) is 16.0 Å². The first kappa shape index (κ1) is 22.0. The number of nitrogens with zero attached hydrogens (tertiary/aromatic N) is 4. The number of carbonyl (C=O) groups excluding carboxylic acids is 3. The highest BCUT2D eigenvalue weighted by Crippen LogP contribution is 2.38. The van der Waals surface area contributed by atoms with Gasteiger partial charge < -0.3 is 14.5 Å². The number of hydrogen-bond donors (Lipinski definition) is 2. The van der Waals surface area contributed by atoms with Crippen molar-refractivity contribution in [2.75, 3.05) is 22.9 Å². The Labute approximate surface area is 207 Å². The van der Waals surface area contributed by atoms with Gasteiger partial charge in [-0.1, -0.05) is 6.07 Å². The number of imide groups is 2. The summed E-state index contributed by atoms with van der Waals surface area (Å²) in [5.41, 5.74) is 1.47. The third-order valence-corrected chi connectivity index (χ3v) is 6.94. The molecule has 0 saturated carbocycles. The molecule has 0 radical (unpaired) electrons. The molecule has 2 fully saturated rings. The number of aromatic nitrogens is 2. The highest BCUT2D eigenvalue weighted by atomic mass is 16.5. The number of hydrogen-bond acceptors (Lipinski definition) is 8. The molecule has 4 amide bonds. The van der Waals surface area contributed by atoms with Crippen molar-refractivity contribution in [2.24, 2.45) is 0 Å². The van der Waals surface area contributed by atoms with Crippen LogP contribution in [0, 0.1) is 0 Å². The molecule has 0 aliphatic carbocycles. The second-order valence-corrected chi connectivity index (χ2v) is 9.04. The molecule has 0 unspecified atom stereocenters. The average Bonchev–Trinajstić information content (AvgIpc) is 3.34. The number of pyridine rings is 2. The van der Waals surface area contributed by atoms with E-state index in [0.717, 1.165) is 30.9 Å². The molecule has 2 N–H and O–H groups in total. The normalized spacial score (nSPS) is 18.6. The van der Waals surface area contributed by atoms with E-state index in [2.05, 4.69) is 25.5 Å². The van der Waals surface area contributed by atoms with Crippen LogP contribution < -0.4 is 25.2 Å². The largest absolute Gasteiger partial charge is 0.439 e. The smallest absolute Gasteiger partial charge is 0.328 e. The molecule has 5 heterocycles. The van der Waals surface area contributed by atoms with E-state index in [1.165, 1.54) is 5.56 Å². The Bertz CT molecular complexity index is 1320. The number of carbonyl (C=O) groups is 3. The Balaban J connectivity index is 1.21. The van der Waals surface area contributed by atoms with Crippen LogP contribution in [0.2, 0.25) is 0 Å². The summed E-state index contributed by atoms with van der Waals surface area (Å²) in [5, 5.41) is 4.44. The van der Waals surface area contributed by atoms with Gasteiger partial charge in [-0.15, -0.1) is 0 Å². The van der Waals surface area contributed by atoms with Crippen molar-refractivity contribution in [3.8, 4) is 11.6 Å². The molecule has 3 aliphatic rings. The van der Waals surface area contributed by atoms with E-state index >= 15 is 0 Å². The van der Waals surface area contributed by atoms with Crippen LogP contribution in [0.3, 0.4) is 0 Å². The Hall–Kier alpha value is -4.47. The summed E-state index contributed by atoms with van der Waals surface area (Å²) < 4.78 is 6.03. The van der Waals surface area contributed by atoms with Crippen LogP contribution in [0.4, 0.5) is 22.0 Å². The van der Waals surface area contributed by atoms with Gasteiger partial charge >= 0.3 is 6.03 Å². The predicted molar refractivity (Wildman–Crippen MR) is 131 cm³/mol. The number of anilines is 3. The summed E-state index contributed by atoms with van der Waals surface area (Å²) in [6.07, 6.45) is 6.31. The van der Waals surface area contributed by atoms with Gasteiger partial charge in [0.15, 0.2) is 5.54 Å². The zero-order valence-corrected chi connectivity index (χ0v) is 19.4. The molecule has 0 bridgehead atoms. The number of barbiturate groups is 1. The lowest BCUT2D eigenvalue weighted by molar-refractivity contribution is -0.137. The van der Waals surface area contributed by atoms with Crippen molar-refractivity contribution < 1.29 is 19.1 Å². The third kappa shape index (κ3) is 3.62. The second kappa shape index (κ2) is 8.63. The first-order chi connectivity index (χ1) is 17.5. The SMILES string of the molecule is O=C1NC(=O)C2(CCCN2c2ccc(Oc3ccc4c(c3)CCCN4c3ccccn3)nc2)C(=O)N1. The maximum atomic E-state index is 12.7. The molecule has 182 valence electrons. The first-order valence-electron chi connectivity index (χ1n) is 11.9. The zero-order valence-electron chi connectivity index (χ0n) is 19.4. The molecular formula is C26H24N6O4. The molecular weight excluding hydrogens is 460 g/mol. The minimum atomic E-state index is -1.45. The Kier molecular flexibility index (Phi) is 5.28. The molecule has 1 aromatic carbocycles. The molecule has 2 aromatic heterocycles. The third-order valence-electron chi connectivity index (χ3n) is 6.94. The molecule has 2 saturated heterocycles. The van der Waals surface area contributed by atoms with Crippen LogP contribution in [0.1, 0.15) is 24.8 Å². The standard InChI is InChI=1S/C26H24N6O4/c33-23-26(24(34)30-25(35)29-23)11-4-14-32(26)18-7-10-22(28-16-18)36-19-8-9-20-17(15-19)5-3-13-31(20)21-6-1-2-12-27-21/h1-2,6-10,12,15-16H,3-5,11,13-14H2,(H2,29,30,33,34,35). The fourth-order valence-corrected chi connectivity index (χ4v) is 5.29. The zero-order chi connectivity index (χ0) is 24.7. The van der Waals surface area contributed by atoms with E-state index in [-0.39, 0.29) is 0 Å². The van der Waals surface area contributed by atoms with Gasteiger partial charge in [0.1, 0.15) is 11.6 Å². The summed E-state index contributed by atoms with van der Waals surface area (Å²) >= 11 is 0. The van der Waals surface area contributed by atoms with E-state index in [0.29, 0.717) is 36.7 Å². The van der Waals surface area contributed by atoms with Crippen molar-refractivity contribution in [3.05, 3.63) is 66.5 Å².